The number of amides is 1. The van der Waals surface area contributed by atoms with Crippen LogP contribution in [0.4, 0.5) is 0 Å². The zero-order valence-corrected chi connectivity index (χ0v) is 14.4. The molecule has 0 aromatic carbocycles. The topological polar surface area (TPSA) is 68.3 Å². The van der Waals surface area contributed by atoms with E-state index in [1.807, 2.05) is 19.1 Å². The molecule has 0 unspecified atom stereocenters. The summed E-state index contributed by atoms with van der Waals surface area (Å²) in [7, 11) is 1.71. The van der Waals surface area contributed by atoms with Gasteiger partial charge in [0.05, 0.1) is 6.54 Å². The van der Waals surface area contributed by atoms with Gasteiger partial charge in [0.25, 0.3) is 11.5 Å². The summed E-state index contributed by atoms with van der Waals surface area (Å²) in [6.45, 7) is 5.06. The first-order valence-electron chi connectivity index (χ1n) is 8.41. The molecule has 1 amide bonds. The third kappa shape index (κ3) is 3.42. The van der Waals surface area contributed by atoms with E-state index in [1.165, 1.54) is 23.2 Å². The van der Waals surface area contributed by atoms with Crippen LogP contribution in [0.5, 0.6) is 0 Å². The van der Waals surface area contributed by atoms with Crippen molar-refractivity contribution in [2.24, 2.45) is 5.92 Å². The molecule has 2 atom stereocenters. The highest BCUT2D eigenvalue weighted by Crippen LogP contribution is 2.47. The van der Waals surface area contributed by atoms with Gasteiger partial charge in [0.1, 0.15) is 17.2 Å². The van der Waals surface area contributed by atoms with Crippen LogP contribution < -0.4 is 5.56 Å². The van der Waals surface area contributed by atoms with Crippen molar-refractivity contribution in [1.29, 1.82) is 0 Å². The van der Waals surface area contributed by atoms with Crippen LogP contribution in [0.25, 0.3) is 0 Å². The van der Waals surface area contributed by atoms with Crippen molar-refractivity contribution < 1.29 is 9.21 Å². The number of aryl methyl sites for hydroxylation is 1. The Hall–Kier alpha value is -2.37. The van der Waals surface area contributed by atoms with E-state index >= 15 is 0 Å². The highest BCUT2D eigenvalue weighted by atomic mass is 16.3. The predicted octanol–water partition coefficient (Wildman–Crippen LogP) is 2.64. The lowest BCUT2D eigenvalue weighted by Gasteiger charge is -2.15. The number of rotatable bonds is 6. The Kier molecular flexibility index (Phi) is 4.55. The Labute approximate surface area is 141 Å². The van der Waals surface area contributed by atoms with Gasteiger partial charge in [0.15, 0.2) is 0 Å². The summed E-state index contributed by atoms with van der Waals surface area (Å²) in [5.74, 6) is 2.76. The van der Waals surface area contributed by atoms with Crippen molar-refractivity contribution in [2.75, 3.05) is 7.05 Å². The lowest BCUT2D eigenvalue weighted by atomic mass is 10.3. The van der Waals surface area contributed by atoms with Gasteiger partial charge in [-0.25, -0.2) is 4.68 Å². The lowest BCUT2D eigenvalue weighted by Crippen LogP contribution is -2.30. The molecule has 1 fully saturated rings. The maximum Gasteiger partial charge on any atom is 0.274 e. The van der Waals surface area contributed by atoms with Crippen molar-refractivity contribution >= 4 is 5.91 Å². The lowest BCUT2D eigenvalue weighted by molar-refractivity contribution is 0.0766. The minimum Gasteiger partial charge on any atom is -0.464 e. The molecule has 1 aliphatic carbocycles. The molecule has 0 bridgehead atoms. The molecule has 0 radical (unpaired) electrons. The van der Waals surface area contributed by atoms with E-state index < -0.39 is 0 Å². The SMILES string of the molecule is CCCn1nc(C(=O)N(C)Cc2ccc([C@H]3C[C@@H]3C)o2)ccc1=O. The molecule has 0 spiro atoms. The number of carbonyl (C=O) groups is 1. The molecule has 0 N–H and O–H groups in total. The van der Waals surface area contributed by atoms with Gasteiger partial charge in [-0.15, -0.1) is 0 Å². The average Bonchev–Trinajstić information content (AvgIpc) is 3.11. The van der Waals surface area contributed by atoms with Crippen LogP contribution in [0.2, 0.25) is 0 Å². The van der Waals surface area contributed by atoms with Crippen molar-refractivity contribution in [2.45, 2.75) is 45.7 Å². The van der Waals surface area contributed by atoms with Crippen LogP contribution in [0, 0.1) is 5.92 Å². The number of furan rings is 1. The molecule has 1 saturated carbocycles. The maximum absolute atomic E-state index is 12.5. The Bertz CT molecular complexity index is 793. The van der Waals surface area contributed by atoms with Crippen molar-refractivity contribution in [3.63, 3.8) is 0 Å². The zero-order chi connectivity index (χ0) is 17.3. The molecule has 6 nitrogen and oxygen atoms in total. The van der Waals surface area contributed by atoms with E-state index in [1.54, 1.807) is 11.9 Å². The molecule has 0 saturated heterocycles. The fourth-order valence-electron chi connectivity index (χ4n) is 2.83. The summed E-state index contributed by atoms with van der Waals surface area (Å²) < 4.78 is 7.18. The maximum atomic E-state index is 12.5. The van der Waals surface area contributed by atoms with Gasteiger partial charge in [-0.05, 0) is 37.0 Å². The first kappa shape index (κ1) is 16.5. The second-order valence-electron chi connectivity index (χ2n) is 6.56. The average molecular weight is 329 g/mol. The fourth-order valence-corrected chi connectivity index (χ4v) is 2.83. The Morgan fingerprint density at radius 2 is 2.12 bits per heavy atom. The molecule has 2 heterocycles. The van der Waals surface area contributed by atoms with Gasteiger partial charge in [-0.1, -0.05) is 13.8 Å². The van der Waals surface area contributed by atoms with Gasteiger partial charge in [0, 0.05) is 25.6 Å². The van der Waals surface area contributed by atoms with Crippen LogP contribution in [0.15, 0.2) is 33.5 Å². The van der Waals surface area contributed by atoms with E-state index in [9.17, 15) is 9.59 Å². The number of hydrogen-bond donors (Lipinski definition) is 0. The first-order chi connectivity index (χ1) is 11.5. The van der Waals surface area contributed by atoms with Gasteiger partial charge in [-0.3, -0.25) is 9.59 Å². The van der Waals surface area contributed by atoms with Crippen molar-refractivity contribution in [3.05, 3.63) is 51.8 Å². The van der Waals surface area contributed by atoms with Gasteiger partial charge < -0.3 is 9.32 Å². The van der Waals surface area contributed by atoms with Crippen LogP contribution in [0.3, 0.4) is 0 Å². The summed E-state index contributed by atoms with van der Waals surface area (Å²) in [6.07, 6.45) is 1.96. The van der Waals surface area contributed by atoms with Gasteiger partial charge >= 0.3 is 0 Å². The van der Waals surface area contributed by atoms with Crippen molar-refractivity contribution in [1.82, 2.24) is 14.7 Å². The summed E-state index contributed by atoms with van der Waals surface area (Å²) in [5.41, 5.74) is 0.0819. The Morgan fingerprint density at radius 3 is 2.79 bits per heavy atom. The summed E-state index contributed by atoms with van der Waals surface area (Å²) in [5, 5.41) is 4.16. The van der Waals surface area contributed by atoms with Gasteiger partial charge in [0.2, 0.25) is 0 Å². The van der Waals surface area contributed by atoms with Crippen LogP contribution >= 0.6 is 0 Å². The molecule has 3 rings (SSSR count). The van der Waals surface area contributed by atoms with Gasteiger partial charge in [-0.2, -0.15) is 5.10 Å². The molecular weight excluding hydrogens is 306 g/mol. The highest BCUT2D eigenvalue weighted by Gasteiger charge is 2.36. The molecule has 2 aromatic heterocycles. The quantitative estimate of drug-likeness (QED) is 0.817. The second kappa shape index (κ2) is 6.63. The van der Waals surface area contributed by atoms with E-state index in [0.29, 0.717) is 24.9 Å². The molecule has 1 aliphatic rings. The van der Waals surface area contributed by atoms with E-state index in [4.69, 9.17) is 4.42 Å². The number of hydrogen-bond acceptors (Lipinski definition) is 4. The smallest absolute Gasteiger partial charge is 0.274 e. The Morgan fingerprint density at radius 1 is 1.38 bits per heavy atom. The summed E-state index contributed by atoms with van der Waals surface area (Å²) in [4.78, 5) is 25.8. The highest BCUT2D eigenvalue weighted by molar-refractivity contribution is 5.91. The molecule has 128 valence electrons. The second-order valence-corrected chi connectivity index (χ2v) is 6.56. The largest absolute Gasteiger partial charge is 0.464 e. The third-order valence-corrected chi connectivity index (χ3v) is 4.42. The van der Waals surface area contributed by atoms with E-state index in [0.717, 1.165) is 17.9 Å². The number of nitrogens with zero attached hydrogens (tertiary/aromatic N) is 3. The number of aromatic nitrogens is 2. The van der Waals surface area contributed by atoms with Crippen LogP contribution in [-0.4, -0.2) is 27.6 Å². The fraction of sp³-hybridized carbons (Fsp3) is 0.500. The molecule has 24 heavy (non-hydrogen) atoms. The third-order valence-electron chi connectivity index (χ3n) is 4.42. The molecular formula is C18H23N3O3. The van der Waals surface area contributed by atoms with Crippen LogP contribution in [0.1, 0.15) is 54.6 Å². The standard InChI is InChI=1S/C18H23N3O3/c1-4-9-21-17(22)8-6-15(19-21)18(23)20(3)11-13-5-7-16(24-13)14-10-12(14)2/h5-8,12,14H,4,9-11H2,1-3H3/t12-,14-/m0/s1. The Balaban J connectivity index is 1.69. The van der Waals surface area contributed by atoms with E-state index in [-0.39, 0.29) is 17.2 Å². The van der Waals surface area contributed by atoms with Crippen molar-refractivity contribution in [3.8, 4) is 0 Å². The normalized spacial score (nSPS) is 19.3. The minimum absolute atomic E-state index is 0.190. The minimum atomic E-state index is -0.224. The molecule has 2 aromatic rings. The zero-order valence-electron chi connectivity index (χ0n) is 14.4. The summed E-state index contributed by atoms with van der Waals surface area (Å²) >= 11 is 0. The summed E-state index contributed by atoms with van der Waals surface area (Å²) in [6, 6.07) is 6.80. The van der Waals surface area contributed by atoms with E-state index in [2.05, 4.69) is 12.0 Å². The molecule has 0 aliphatic heterocycles. The molecule has 6 heteroatoms. The monoisotopic (exact) mass is 329 g/mol. The predicted molar refractivity (Wildman–Crippen MR) is 89.8 cm³/mol. The first-order valence-corrected chi connectivity index (χ1v) is 8.41. The van der Waals surface area contributed by atoms with Crippen LogP contribution in [-0.2, 0) is 13.1 Å². The number of carbonyl (C=O) groups excluding carboxylic acids is 1.